The zero-order chi connectivity index (χ0) is 20.3. The van der Waals surface area contributed by atoms with E-state index in [1.165, 1.54) is 11.8 Å². The molecule has 0 radical (unpaired) electrons. The van der Waals surface area contributed by atoms with Gasteiger partial charge in [0.25, 0.3) is 5.91 Å². The number of hydrogen-bond donors (Lipinski definition) is 0. The van der Waals surface area contributed by atoms with Crippen LogP contribution in [0.5, 0.6) is 11.5 Å². The van der Waals surface area contributed by atoms with Gasteiger partial charge in [-0.25, -0.2) is 0 Å². The molecule has 146 valence electrons. The Morgan fingerprint density at radius 3 is 2.50 bits per heavy atom. The van der Waals surface area contributed by atoms with Gasteiger partial charge in [0, 0.05) is 11.6 Å². The second kappa shape index (κ2) is 8.80. The van der Waals surface area contributed by atoms with Gasteiger partial charge in [0.2, 0.25) is 0 Å². The average molecular weight is 414 g/mol. The van der Waals surface area contributed by atoms with Crippen LogP contribution in [0.25, 0.3) is 6.08 Å². The molecular weight excluding hydrogens is 390 g/mol. The molecule has 4 nitrogen and oxygen atoms in total. The first-order valence-corrected chi connectivity index (χ1v) is 10.4. The molecule has 2 aromatic rings. The van der Waals surface area contributed by atoms with Crippen molar-refractivity contribution in [2.45, 2.75) is 27.7 Å². The van der Waals surface area contributed by atoms with Crippen LogP contribution in [0.2, 0.25) is 0 Å². The Morgan fingerprint density at radius 1 is 1.07 bits per heavy atom. The molecule has 6 heteroatoms. The molecule has 0 N–H and O–H groups in total. The number of aryl methyl sites for hydroxylation is 2. The van der Waals surface area contributed by atoms with E-state index in [2.05, 4.69) is 6.07 Å². The van der Waals surface area contributed by atoms with Crippen molar-refractivity contribution in [2.24, 2.45) is 0 Å². The summed E-state index contributed by atoms with van der Waals surface area (Å²) < 4.78 is 11.8. The Bertz CT molecular complexity index is 953. The molecule has 1 fully saturated rings. The largest absolute Gasteiger partial charge is 0.494 e. The Balaban J connectivity index is 1.95. The lowest BCUT2D eigenvalue weighted by molar-refractivity contribution is -0.113. The van der Waals surface area contributed by atoms with Crippen molar-refractivity contribution in [3.63, 3.8) is 0 Å². The minimum Gasteiger partial charge on any atom is -0.494 e. The first-order chi connectivity index (χ1) is 13.4. The van der Waals surface area contributed by atoms with E-state index in [1.54, 1.807) is 4.90 Å². The number of amides is 1. The molecule has 0 bridgehead atoms. The second-order valence-corrected chi connectivity index (χ2v) is 8.05. The minimum absolute atomic E-state index is 0.113. The molecule has 0 aliphatic carbocycles. The van der Waals surface area contributed by atoms with Crippen molar-refractivity contribution < 1.29 is 14.3 Å². The normalized spacial score (nSPS) is 15.4. The Kier molecular flexibility index (Phi) is 6.42. The van der Waals surface area contributed by atoms with Crippen LogP contribution in [0, 0.1) is 13.8 Å². The third-order valence-corrected chi connectivity index (χ3v) is 5.57. The number of nitrogens with zero attached hydrogens (tertiary/aromatic N) is 1. The number of carbonyl (C=O) groups is 1. The fraction of sp³-hybridized carbons (Fsp3) is 0.273. The van der Waals surface area contributed by atoms with E-state index in [9.17, 15) is 4.79 Å². The zero-order valence-corrected chi connectivity index (χ0v) is 18.1. The van der Waals surface area contributed by atoms with Crippen LogP contribution in [-0.4, -0.2) is 23.4 Å². The Labute approximate surface area is 175 Å². The second-order valence-electron chi connectivity index (χ2n) is 6.37. The highest BCUT2D eigenvalue weighted by atomic mass is 32.2. The summed E-state index contributed by atoms with van der Waals surface area (Å²) in [5.41, 5.74) is 3.83. The van der Waals surface area contributed by atoms with Gasteiger partial charge in [-0.2, -0.15) is 0 Å². The fourth-order valence-corrected chi connectivity index (χ4v) is 4.32. The predicted octanol–water partition coefficient (Wildman–Crippen LogP) is 5.51. The van der Waals surface area contributed by atoms with Crippen LogP contribution in [0.15, 0.2) is 41.3 Å². The minimum atomic E-state index is -0.113. The molecular formula is C22H23NO3S2. The number of benzene rings is 2. The maximum Gasteiger partial charge on any atom is 0.270 e. The van der Waals surface area contributed by atoms with E-state index >= 15 is 0 Å². The number of carbonyl (C=O) groups excluding carboxylic acids is 1. The molecule has 1 aliphatic heterocycles. The summed E-state index contributed by atoms with van der Waals surface area (Å²) in [7, 11) is 0. The molecule has 0 unspecified atom stereocenters. The molecule has 0 saturated carbocycles. The number of anilines is 1. The van der Waals surface area contributed by atoms with Crippen molar-refractivity contribution >= 4 is 46.0 Å². The Morgan fingerprint density at radius 2 is 1.82 bits per heavy atom. The monoisotopic (exact) mass is 413 g/mol. The van der Waals surface area contributed by atoms with Crippen molar-refractivity contribution in [3.8, 4) is 11.5 Å². The van der Waals surface area contributed by atoms with Crippen molar-refractivity contribution in [1.82, 2.24) is 0 Å². The summed E-state index contributed by atoms with van der Waals surface area (Å²) in [4.78, 5) is 15.3. The highest BCUT2D eigenvalue weighted by molar-refractivity contribution is 8.27. The lowest BCUT2D eigenvalue weighted by Crippen LogP contribution is -2.28. The summed E-state index contributed by atoms with van der Waals surface area (Å²) in [6.45, 7) is 9.00. The van der Waals surface area contributed by atoms with Gasteiger partial charge in [-0.3, -0.25) is 9.69 Å². The van der Waals surface area contributed by atoms with Crippen LogP contribution in [0.3, 0.4) is 0 Å². The van der Waals surface area contributed by atoms with Gasteiger partial charge >= 0.3 is 0 Å². The zero-order valence-electron chi connectivity index (χ0n) is 16.4. The van der Waals surface area contributed by atoms with Crippen LogP contribution in [0.1, 0.15) is 30.5 Å². The van der Waals surface area contributed by atoms with Crippen LogP contribution in [0.4, 0.5) is 5.69 Å². The fourth-order valence-electron chi connectivity index (χ4n) is 3.04. The quantitative estimate of drug-likeness (QED) is 0.461. The summed E-state index contributed by atoms with van der Waals surface area (Å²) in [6, 6.07) is 11.6. The van der Waals surface area contributed by atoms with Crippen molar-refractivity contribution in [3.05, 3.63) is 58.0 Å². The van der Waals surface area contributed by atoms with Gasteiger partial charge in [0.05, 0.1) is 23.8 Å². The number of hydrogen-bond acceptors (Lipinski definition) is 5. The van der Waals surface area contributed by atoms with E-state index in [4.69, 9.17) is 21.7 Å². The first kappa shape index (κ1) is 20.4. The van der Waals surface area contributed by atoms with Gasteiger partial charge in [-0.15, -0.1) is 0 Å². The summed E-state index contributed by atoms with van der Waals surface area (Å²) in [5, 5.41) is 0. The summed E-state index contributed by atoms with van der Waals surface area (Å²) in [6.07, 6.45) is 1.84. The third-order valence-electron chi connectivity index (χ3n) is 4.27. The lowest BCUT2D eigenvalue weighted by atomic mass is 10.1. The highest BCUT2D eigenvalue weighted by Gasteiger charge is 2.34. The van der Waals surface area contributed by atoms with Crippen LogP contribution >= 0.6 is 24.0 Å². The van der Waals surface area contributed by atoms with Crippen molar-refractivity contribution in [2.75, 3.05) is 18.1 Å². The Hall–Kier alpha value is -2.31. The van der Waals surface area contributed by atoms with E-state index in [-0.39, 0.29) is 5.91 Å². The van der Waals surface area contributed by atoms with Gasteiger partial charge in [-0.1, -0.05) is 41.7 Å². The number of thioether (sulfide) groups is 1. The molecule has 1 heterocycles. The highest BCUT2D eigenvalue weighted by Crippen LogP contribution is 2.39. The average Bonchev–Trinajstić information content (AvgIpc) is 2.92. The van der Waals surface area contributed by atoms with Crippen LogP contribution < -0.4 is 14.4 Å². The summed E-state index contributed by atoms with van der Waals surface area (Å²) in [5.74, 6) is 1.31. The van der Waals surface area contributed by atoms with E-state index in [0.717, 1.165) is 28.1 Å². The molecule has 0 atom stereocenters. The van der Waals surface area contributed by atoms with Gasteiger partial charge in [0.1, 0.15) is 11.5 Å². The number of thiocarbonyl (C=S) groups is 1. The first-order valence-electron chi connectivity index (χ1n) is 9.19. The molecule has 1 amide bonds. The molecule has 28 heavy (non-hydrogen) atoms. The van der Waals surface area contributed by atoms with E-state index in [0.29, 0.717) is 28.2 Å². The lowest BCUT2D eigenvalue weighted by Gasteiger charge is -2.17. The molecule has 3 rings (SSSR count). The number of rotatable bonds is 6. The molecule has 0 aromatic heterocycles. The van der Waals surface area contributed by atoms with E-state index in [1.807, 2.05) is 64.1 Å². The topological polar surface area (TPSA) is 38.8 Å². The van der Waals surface area contributed by atoms with Gasteiger partial charge in [-0.05, 0) is 57.5 Å². The maximum atomic E-state index is 13.1. The number of ether oxygens (including phenoxy) is 2. The van der Waals surface area contributed by atoms with Gasteiger partial charge in [0.15, 0.2) is 4.32 Å². The van der Waals surface area contributed by atoms with E-state index < -0.39 is 0 Å². The SMILES string of the molecule is CCOc1ccc(/C=C2/SC(=S)N(c3ccc(C)cc3C)C2=O)c(OCC)c1. The smallest absolute Gasteiger partial charge is 0.270 e. The van der Waals surface area contributed by atoms with Gasteiger partial charge < -0.3 is 9.47 Å². The standard InChI is InChI=1S/C22H23NO3S2/c1-5-25-17-9-8-16(19(13-17)26-6-2)12-20-21(24)23(22(27)28-20)18-10-7-14(3)11-15(18)4/h7-13H,5-6H2,1-4H3/b20-12+. The van der Waals surface area contributed by atoms with Crippen molar-refractivity contribution in [1.29, 1.82) is 0 Å². The molecule has 2 aromatic carbocycles. The maximum absolute atomic E-state index is 13.1. The molecule has 0 spiro atoms. The molecule has 1 saturated heterocycles. The predicted molar refractivity (Wildman–Crippen MR) is 120 cm³/mol. The van der Waals surface area contributed by atoms with Crippen LogP contribution in [-0.2, 0) is 4.79 Å². The molecule has 1 aliphatic rings. The summed E-state index contributed by atoms with van der Waals surface area (Å²) >= 11 is 6.81. The third kappa shape index (κ3) is 4.23.